The number of aromatic nitrogens is 1. The Bertz CT molecular complexity index is 717. The third-order valence-corrected chi connectivity index (χ3v) is 4.20. The fraction of sp³-hybridized carbons (Fsp3) is 0.250. The average molecular weight is 221 g/mol. The predicted molar refractivity (Wildman–Crippen MR) is 72.4 cm³/mol. The van der Waals surface area contributed by atoms with E-state index in [0.29, 0.717) is 5.41 Å². The molecule has 17 heavy (non-hydrogen) atoms. The van der Waals surface area contributed by atoms with Crippen molar-refractivity contribution in [1.82, 2.24) is 4.98 Å². The molecule has 0 radical (unpaired) electrons. The van der Waals surface area contributed by atoms with Crippen LogP contribution in [0.4, 0.5) is 0 Å². The van der Waals surface area contributed by atoms with Crippen LogP contribution >= 0.6 is 0 Å². The Morgan fingerprint density at radius 3 is 2.53 bits per heavy atom. The third-order valence-electron chi connectivity index (χ3n) is 4.20. The SMILES string of the molecule is CC1(c2ccc3[nH]c4ccccc4c3c2)CC1. The van der Waals surface area contributed by atoms with Crippen LogP contribution in [0.1, 0.15) is 25.3 Å². The largest absolute Gasteiger partial charge is 0.355 e. The number of nitrogens with one attached hydrogen (secondary N) is 1. The van der Waals surface area contributed by atoms with E-state index < -0.39 is 0 Å². The lowest BCUT2D eigenvalue weighted by molar-refractivity contribution is 0.790. The summed E-state index contributed by atoms with van der Waals surface area (Å²) in [5, 5.41) is 2.71. The van der Waals surface area contributed by atoms with Crippen molar-refractivity contribution < 1.29 is 0 Å². The first kappa shape index (κ1) is 9.29. The number of hydrogen-bond donors (Lipinski definition) is 1. The quantitative estimate of drug-likeness (QED) is 0.628. The molecule has 1 nitrogen and oxygen atoms in total. The number of H-pyrrole nitrogens is 1. The van der Waals surface area contributed by atoms with Crippen LogP contribution in [0.15, 0.2) is 42.5 Å². The van der Waals surface area contributed by atoms with E-state index in [0.717, 1.165) is 0 Å². The van der Waals surface area contributed by atoms with Crippen molar-refractivity contribution in [2.75, 3.05) is 0 Å². The summed E-state index contributed by atoms with van der Waals surface area (Å²) in [6.07, 6.45) is 2.67. The van der Waals surface area contributed by atoms with Crippen LogP contribution in [0.2, 0.25) is 0 Å². The fourth-order valence-electron chi connectivity index (χ4n) is 2.70. The van der Waals surface area contributed by atoms with Crippen LogP contribution in [0.25, 0.3) is 21.8 Å². The lowest BCUT2D eigenvalue weighted by atomic mass is 9.96. The third kappa shape index (κ3) is 1.25. The number of fused-ring (bicyclic) bond motifs is 3. The highest BCUT2D eigenvalue weighted by Gasteiger charge is 2.38. The number of benzene rings is 2. The van der Waals surface area contributed by atoms with E-state index in [1.54, 1.807) is 0 Å². The minimum Gasteiger partial charge on any atom is -0.355 e. The van der Waals surface area contributed by atoms with Gasteiger partial charge in [-0.3, -0.25) is 0 Å². The van der Waals surface area contributed by atoms with Crippen LogP contribution in [-0.2, 0) is 5.41 Å². The van der Waals surface area contributed by atoms with E-state index in [-0.39, 0.29) is 0 Å². The van der Waals surface area contributed by atoms with Gasteiger partial charge in [-0.25, -0.2) is 0 Å². The molecule has 0 bridgehead atoms. The molecule has 1 fully saturated rings. The molecule has 0 atom stereocenters. The van der Waals surface area contributed by atoms with Gasteiger partial charge >= 0.3 is 0 Å². The molecule has 84 valence electrons. The maximum atomic E-state index is 3.48. The molecular formula is C16H15N. The first-order chi connectivity index (χ1) is 8.26. The average Bonchev–Trinajstić information content (AvgIpc) is 3.00. The van der Waals surface area contributed by atoms with Gasteiger partial charge in [0.25, 0.3) is 0 Å². The molecular weight excluding hydrogens is 206 g/mol. The van der Waals surface area contributed by atoms with Gasteiger partial charge in [0.05, 0.1) is 0 Å². The van der Waals surface area contributed by atoms with Crippen molar-refractivity contribution in [2.24, 2.45) is 0 Å². The van der Waals surface area contributed by atoms with Crippen LogP contribution in [0, 0.1) is 0 Å². The van der Waals surface area contributed by atoms with Crippen molar-refractivity contribution in [1.29, 1.82) is 0 Å². The minimum atomic E-state index is 0.451. The monoisotopic (exact) mass is 221 g/mol. The molecule has 1 heteroatoms. The van der Waals surface area contributed by atoms with Crippen molar-refractivity contribution in [2.45, 2.75) is 25.2 Å². The number of para-hydroxylation sites is 1. The zero-order valence-corrected chi connectivity index (χ0v) is 9.96. The molecule has 1 heterocycles. The summed E-state index contributed by atoms with van der Waals surface area (Å²) >= 11 is 0. The summed E-state index contributed by atoms with van der Waals surface area (Å²) < 4.78 is 0. The highest BCUT2D eigenvalue weighted by atomic mass is 14.7. The van der Waals surface area contributed by atoms with Gasteiger partial charge in [-0.2, -0.15) is 0 Å². The first-order valence-corrected chi connectivity index (χ1v) is 6.27. The van der Waals surface area contributed by atoms with Gasteiger partial charge in [-0.1, -0.05) is 31.2 Å². The lowest BCUT2D eigenvalue weighted by Gasteiger charge is -2.08. The Morgan fingerprint density at radius 1 is 0.941 bits per heavy atom. The maximum absolute atomic E-state index is 3.48. The lowest BCUT2D eigenvalue weighted by Crippen LogP contribution is -1.98. The molecule has 1 aromatic heterocycles. The van der Waals surface area contributed by atoms with Gasteiger partial charge in [-0.15, -0.1) is 0 Å². The molecule has 1 aliphatic rings. The Hall–Kier alpha value is -1.76. The second-order valence-corrected chi connectivity index (χ2v) is 5.49. The zero-order valence-electron chi connectivity index (χ0n) is 9.96. The summed E-state index contributed by atoms with van der Waals surface area (Å²) in [4.78, 5) is 3.48. The molecule has 1 N–H and O–H groups in total. The van der Waals surface area contributed by atoms with Crippen molar-refractivity contribution in [3.63, 3.8) is 0 Å². The van der Waals surface area contributed by atoms with Crippen LogP contribution < -0.4 is 0 Å². The van der Waals surface area contributed by atoms with Gasteiger partial charge < -0.3 is 4.98 Å². The van der Waals surface area contributed by atoms with Gasteiger partial charge in [0.2, 0.25) is 0 Å². The topological polar surface area (TPSA) is 15.8 Å². The molecule has 0 aliphatic heterocycles. The van der Waals surface area contributed by atoms with E-state index in [1.165, 1.54) is 40.2 Å². The summed E-state index contributed by atoms with van der Waals surface area (Å²) in [5.41, 5.74) is 4.43. The van der Waals surface area contributed by atoms with E-state index in [2.05, 4.69) is 54.4 Å². The second-order valence-electron chi connectivity index (χ2n) is 5.49. The highest BCUT2D eigenvalue weighted by molar-refractivity contribution is 6.07. The van der Waals surface area contributed by atoms with Gasteiger partial charge in [0.1, 0.15) is 0 Å². The Morgan fingerprint density at radius 2 is 1.71 bits per heavy atom. The molecule has 0 unspecified atom stereocenters. The second kappa shape index (κ2) is 2.92. The predicted octanol–water partition coefficient (Wildman–Crippen LogP) is 4.37. The van der Waals surface area contributed by atoms with Gasteiger partial charge in [0, 0.05) is 21.8 Å². The molecule has 1 aliphatic carbocycles. The molecule has 3 aromatic rings. The van der Waals surface area contributed by atoms with Crippen molar-refractivity contribution >= 4 is 21.8 Å². The molecule has 4 rings (SSSR count). The smallest absolute Gasteiger partial charge is 0.0465 e. The maximum Gasteiger partial charge on any atom is 0.0465 e. The normalized spacial score (nSPS) is 17.7. The van der Waals surface area contributed by atoms with Crippen LogP contribution in [-0.4, -0.2) is 4.98 Å². The highest BCUT2D eigenvalue weighted by Crippen LogP contribution is 2.48. The van der Waals surface area contributed by atoms with E-state index in [1.807, 2.05) is 0 Å². The number of hydrogen-bond acceptors (Lipinski definition) is 0. The standard InChI is InChI=1S/C16H15N/c1-16(8-9-16)11-6-7-15-13(10-11)12-4-2-3-5-14(12)17-15/h2-7,10,17H,8-9H2,1H3. The molecule has 0 saturated heterocycles. The van der Waals surface area contributed by atoms with Crippen molar-refractivity contribution in [3.8, 4) is 0 Å². The van der Waals surface area contributed by atoms with E-state index in [4.69, 9.17) is 0 Å². The van der Waals surface area contributed by atoms with Crippen LogP contribution in [0.3, 0.4) is 0 Å². The zero-order chi connectivity index (χ0) is 11.5. The van der Waals surface area contributed by atoms with Crippen molar-refractivity contribution in [3.05, 3.63) is 48.0 Å². The Labute approximate surface area is 100 Å². The van der Waals surface area contributed by atoms with Gasteiger partial charge in [0.15, 0.2) is 0 Å². The Kier molecular flexibility index (Phi) is 1.60. The fourth-order valence-corrected chi connectivity index (χ4v) is 2.70. The molecule has 0 amide bonds. The summed E-state index contributed by atoms with van der Waals surface area (Å²) in [7, 11) is 0. The first-order valence-electron chi connectivity index (χ1n) is 6.27. The molecule has 2 aromatic carbocycles. The Balaban J connectivity index is 2.07. The minimum absolute atomic E-state index is 0.451. The molecule has 1 saturated carbocycles. The molecule has 0 spiro atoms. The summed E-state index contributed by atoms with van der Waals surface area (Å²) in [6, 6.07) is 15.4. The van der Waals surface area contributed by atoms with E-state index >= 15 is 0 Å². The number of rotatable bonds is 1. The summed E-state index contributed by atoms with van der Waals surface area (Å²) in [5.74, 6) is 0. The van der Waals surface area contributed by atoms with Gasteiger partial charge in [-0.05, 0) is 42.0 Å². The number of aromatic amines is 1. The van der Waals surface area contributed by atoms with Crippen LogP contribution in [0.5, 0.6) is 0 Å². The van der Waals surface area contributed by atoms with E-state index in [9.17, 15) is 0 Å². The summed E-state index contributed by atoms with van der Waals surface area (Å²) in [6.45, 7) is 2.36.